The lowest BCUT2D eigenvalue weighted by Crippen LogP contribution is -2.29. The van der Waals surface area contributed by atoms with Crippen molar-refractivity contribution in [2.45, 2.75) is 51.9 Å². The number of hydrazine groups is 1. The molecule has 0 radical (unpaired) electrons. The van der Waals surface area contributed by atoms with Crippen LogP contribution in [0.25, 0.3) is 0 Å². The zero-order chi connectivity index (χ0) is 9.33. The quantitative estimate of drug-likeness (QED) is 0.392. The summed E-state index contributed by atoms with van der Waals surface area (Å²) >= 11 is 0. The van der Waals surface area contributed by atoms with Crippen LogP contribution in [0, 0.1) is 0 Å². The average Bonchev–Trinajstić information content (AvgIpc) is 2.13. The fraction of sp³-hybridized carbons (Fsp3) is 1.00. The van der Waals surface area contributed by atoms with Gasteiger partial charge in [0.2, 0.25) is 0 Å². The number of hydrogen-bond acceptors (Lipinski definition) is 2. The van der Waals surface area contributed by atoms with Crippen molar-refractivity contribution in [2.75, 3.05) is 0 Å². The highest BCUT2D eigenvalue weighted by atomic mass is 28.3. The normalized spacial score (nSPS) is 10.4. The maximum Gasteiger partial charge on any atom is 0.0524 e. The van der Waals surface area contributed by atoms with Crippen molar-refractivity contribution in [3.63, 3.8) is 0 Å². The smallest absolute Gasteiger partial charge is 0.0524 e. The third kappa shape index (κ3) is 4.56. The van der Waals surface area contributed by atoms with Crippen LogP contribution in [0.1, 0.15) is 27.7 Å². The minimum absolute atomic E-state index is 0.691. The lowest BCUT2D eigenvalue weighted by atomic mass is 10.9. The summed E-state index contributed by atoms with van der Waals surface area (Å²) in [6.07, 6.45) is 0. The molecule has 0 rings (SSSR count). The minimum atomic E-state index is -0.691. The Morgan fingerprint density at radius 3 is 0.909 bits per heavy atom. The lowest BCUT2D eigenvalue weighted by molar-refractivity contribution is 1.11. The Bertz CT molecular complexity index is 55.0. The van der Waals surface area contributed by atoms with Crippen LogP contribution < -0.4 is 11.7 Å². The summed E-state index contributed by atoms with van der Waals surface area (Å²) in [7, 11) is -0.691. The van der Waals surface area contributed by atoms with Crippen LogP contribution in [0.5, 0.6) is 0 Å². The molecule has 0 spiro atoms. The van der Waals surface area contributed by atoms with E-state index in [4.69, 9.17) is 0 Å². The standard InChI is InChI=1S/C8H20Si.H4N2/c1-5-9(6-2,7-3)8-4;1-2/h5-8H2,1-4H3;1-2H2. The van der Waals surface area contributed by atoms with Gasteiger partial charge in [0.25, 0.3) is 0 Å². The summed E-state index contributed by atoms with van der Waals surface area (Å²) in [6.45, 7) is 9.46. The first-order valence-electron chi connectivity index (χ1n) is 4.58. The fourth-order valence-electron chi connectivity index (χ4n) is 1.50. The highest BCUT2D eigenvalue weighted by Gasteiger charge is 2.23. The third-order valence-electron chi connectivity index (χ3n) is 3.00. The first kappa shape index (κ1) is 13.7. The van der Waals surface area contributed by atoms with E-state index in [0.717, 1.165) is 0 Å². The summed E-state index contributed by atoms with van der Waals surface area (Å²) < 4.78 is 0. The molecule has 0 aromatic carbocycles. The Morgan fingerprint density at radius 2 is 0.909 bits per heavy atom. The Labute approximate surface area is 72.3 Å². The van der Waals surface area contributed by atoms with Crippen LogP contribution in [0.4, 0.5) is 0 Å². The van der Waals surface area contributed by atoms with Gasteiger partial charge in [0.15, 0.2) is 0 Å². The van der Waals surface area contributed by atoms with Crippen LogP contribution >= 0.6 is 0 Å². The number of rotatable bonds is 4. The summed E-state index contributed by atoms with van der Waals surface area (Å²) in [6, 6.07) is 5.93. The minimum Gasteiger partial charge on any atom is -0.274 e. The molecule has 0 amide bonds. The summed E-state index contributed by atoms with van der Waals surface area (Å²) in [5.41, 5.74) is 0. The molecule has 0 unspecified atom stereocenters. The molecule has 0 aliphatic heterocycles. The maximum absolute atomic E-state index is 4.00. The van der Waals surface area contributed by atoms with Crippen LogP contribution in [0.3, 0.4) is 0 Å². The molecule has 4 N–H and O–H groups in total. The molecule has 0 atom stereocenters. The van der Waals surface area contributed by atoms with E-state index in [2.05, 4.69) is 39.4 Å². The van der Waals surface area contributed by atoms with Crippen LogP contribution in [-0.4, -0.2) is 8.07 Å². The number of nitrogens with two attached hydrogens (primary N) is 2. The second kappa shape index (κ2) is 8.24. The molecule has 0 saturated heterocycles. The highest BCUT2D eigenvalue weighted by Crippen LogP contribution is 2.23. The predicted octanol–water partition coefficient (Wildman–Crippen LogP) is 2.33. The van der Waals surface area contributed by atoms with E-state index < -0.39 is 8.07 Å². The molecule has 0 heterocycles. The number of hydrogen-bond donors (Lipinski definition) is 2. The van der Waals surface area contributed by atoms with E-state index in [1.807, 2.05) is 0 Å². The van der Waals surface area contributed by atoms with Crippen molar-refractivity contribution < 1.29 is 0 Å². The van der Waals surface area contributed by atoms with Gasteiger partial charge >= 0.3 is 0 Å². The van der Waals surface area contributed by atoms with Gasteiger partial charge in [0.1, 0.15) is 0 Å². The van der Waals surface area contributed by atoms with Crippen LogP contribution in [-0.2, 0) is 0 Å². The molecule has 0 aliphatic rings. The molecule has 0 aromatic heterocycles. The van der Waals surface area contributed by atoms with Gasteiger partial charge in [-0.25, -0.2) is 0 Å². The summed E-state index contributed by atoms with van der Waals surface area (Å²) in [4.78, 5) is 0. The van der Waals surface area contributed by atoms with Gasteiger partial charge < -0.3 is 0 Å². The summed E-state index contributed by atoms with van der Waals surface area (Å²) in [5, 5.41) is 0. The molecular formula is C8H24N2Si. The molecule has 70 valence electrons. The van der Waals surface area contributed by atoms with Crippen molar-refractivity contribution in [1.29, 1.82) is 0 Å². The largest absolute Gasteiger partial charge is 0.274 e. The zero-order valence-corrected chi connectivity index (χ0v) is 9.48. The predicted molar refractivity (Wildman–Crippen MR) is 56.1 cm³/mol. The van der Waals surface area contributed by atoms with Crippen LogP contribution in [0.15, 0.2) is 0 Å². The second-order valence-corrected chi connectivity index (χ2v) is 8.74. The molecule has 0 fully saturated rings. The Kier molecular flexibility index (Phi) is 10.3. The Hall–Kier alpha value is 0.137. The molecule has 0 saturated carbocycles. The molecule has 0 aliphatic carbocycles. The summed E-state index contributed by atoms with van der Waals surface area (Å²) in [5.74, 6) is 8.00. The maximum atomic E-state index is 4.00. The van der Waals surface area contributed by atoms with Gasteiger partial charge in [0.05, 0.1) is 8.07 Å². The van der Waals surface area contributed by atoms with Gasteiger partial charge in [-0.2, -0.15) is 0 Å². The van der Waals surface area contributed by atoms with E-state index in [0.29, 0.717) is 0 Å². The first-order chi connectivity index (χ1) is 5.24. The topological polar surface area (TPSA) is 52.0 Å². The van der Waals surface area contributed by atoms with Gasteiger partial charge in [-0.3, -0.25) is 11.7 Å². The van der Waals surface area contributed by atoms with E-state index in [-0.39, 0.29) is 0 Å². The van der Waals surface area contributed by atoms with Crippen molar-refractivity contribution in [1.82, 2.24) is 0 Å². The van der Waals surface area contributed by atoms with E-state index in [1.54, 1.807) is 0 Å². The van der Waals surface area contributed by atoms with Gasteiger partial charge in [-0.15, -0.1) is 0 Å². The zero-order valence-electron chi connectivity index (χ0n) is 8.48. The van der Waals surface area contributed by atoms with Gasteiger partial charge in [0, 0.05) is 0 Å². The van der Waals surface area contributed by atoms with Crippen molar-refractivity contribution >= 4 is 8.07 Å². The molecule has 0 aromatic rings. The van der Waals surface area contributed by atoms with E-state index in [1.165, 1.54) is 24.2 Å². The third-order valence-corrected chi connectivity index (χ3v) is 9.00. The Balaban J connectivity index is 0. The van der Waals surface area contributed by atoms with E-state index >= 15 is 0 Å². The monoisotopic (exact) mass is 176 g/mol. The van der Waals surface area contributed by atoms with Crippen molar-refractivity contribution in [2.24, 2.45) is 11.7 Å². The van der Waals surface area contributed by atoms with Crippen molar-refractivity contribution in [3.8, 4) is 0 Å². The lowest BCUT2D eigenvalue weighted by Gasteiger charge is -2.25. The Morgan fingerprint density at radius 1 is 0.727 bits per heavy atom. The van der Waals surface area contributed by atoms with Crippen molar-refractivity contribution in [3.05, 3.63) is 0 Å². The molecular weight excluding hydrogens is 152 g/mol. The average molecular weight is 176 g/mol. The molecule has 3 heteroatoms. The molecule has 0 bridgehead atoms. The SMILES string of the molecule is CC[Si](CC)(CC)CC.NN. The molecule has 2 nitrogen and oxygen atoms in total. The van der Waals surface area contributed by atoms with Crippen LogP contribution in [0.2, 0.25) is 24.2 Å². The van der Waals surface area contributed by atoms with E-state index in [9.17, 15) is 0 Å². The fourth-order valence-corrected chi connectivity index (χ4v) is 4.50. The molecule has 11 heavy (non-hydrogen) atoms. The first-order valence-corrected chi connectivity index (χ1v) is 7.40. The van der Waals surface area contributed by atoms with Gasteiger partial charge in [-0.05, 0) is 0 Å². The van der Waals surface area contributed by atoms with Gasteiger partial charge in [-0.1, -0.05) is 51.9 Å². The highest BCUT2D eigenvalue weighted by molar-refractivity contribution is 6.79. The second-order valence-electron chi connectivity index (χ2n) is 2.91.